The molecule has 0 saturated heterocycles. The van der Waals surface area contributed by atoms with Crippen LogP contribution in [-0.4, -0.2) is 28.7 Å². The van der Waals surface area contributed by atoms with Crippen molar-refractivity contribution in [3.05, 3.63) is 24.2 Å². The van der Waals surface area contributed by atoms with E-state index in [9.17, 15) is 5.11 Å². The molecule has 1 aliphatic carbocycles. The lowest BCUT2D eigenvalue weighted by Crippen LogP contribution is -2.44. The van der Waals surface area contributed by atoms with Crippen molar-refractivity contribution in [3.63, 3.8) is 0 Å². The molecule has 2 rings (SSSR count). The molecule has 16 heavy (non-hydrogen) atoms. The van der Waals surface area contributed by atoms with Crippen LogP contribution >= 0.6 is 0 Å². The second-order valence-electron chi connectivity index (χ2n) is 4.56. The standard InChI is InChI=1S/C13H21NO2/c1-2-14(10-11-6-5-9-16-11)12-7-3-4-8-13(12)15/h5-6,9,12-13,15H,2-4,7-8,10H2,1H3. The summed E-state index contributed by atoms with van der Waals surface area (Å²) in [6, 6.07) is 4.22. The van der Waals surface area contributed by atoms with E-state index >= 15 is 0 Å². The first kappa shape index (κ1) is 11.7. The highest BCUT2D eigenvalue weighted by atomic mass is 16.3. The zero-order chi connectivity index (χ0) is 11.4. The van der Waals surface area contributed by atoms with E-state index in [0.29, 0.717) is 6.04 Å². The second kappa shape index (κ2) is 5.51. The quantitative estimate of drug-likeness (QED) is 0.851. The Kier molecular flexibility index (Phi) is 4.02. The van der Waals surface area contributed by atoms with Crippen LogP contribution in [0.3, 0.4) is 0 Å². The third kappa shape index (κ3) is 2.66. The van der Waals surface area contributed by atoms with Crippen molar-refractivity contribution in [1.29, 1.82) is 0 Å². The SMILES string of the molecule is CCN(Cc1ccco1)C1CCCCC1O. The van der Waals surface area contributed by atoms with Gasteiger partial charge in [-0.3, -0.25) is 4.90 Å². The van der Waals surface area contributed by atoms with Gasteiger partial charge in [0.05, 0.1) is 18.9 Å². The Bertz CT molecular complexity index is 297. The Labute approximate surface area is 97.1 Å². The molecule has 3 heteroatoms. The van der Waals surface area contributed by atoms with Crippen LogP contribution in [0.1, 0.15) is 38.4 Å². The van der Waals surface area contributed by atoms with E-state index in [1.54, 1.807) is 6.26 Å². The third-order valence-electron chi connectivity index (χ3n) is 3.51. The number of rotatable bonds is 4. The summed E-state index contributed by atoms with van der Waals surface area (Å²) in [5.41, 5.74) is 0. The van der Waals surface area contributed by atoms with Crippen LogP contribution in [0.5, 0.6) is 0 Å². The van der Waals surface area contributed by atoms with Crippen molar-refractivity contribution < 1.29 is 9.52 Å². The van der Waals surface area contributed by atoms with Gasteiger partial charge in [-0.25, -0.2) is 0 Å². The monoisotopic (exact) mass is 223 g/mol. The molecule has 0 amide bonds. The predicted molar refractivity (Wildman–Crippen MR) is 63.1 cm³/mol. The highest BCUT2D eigenvalue weighted by molar-refractivity contribution is 4.99. The molecule has 90 valence electrons. The molecule has 0 aromatic carbocycles. The molecule has 0 bridgehead atoms. The minimum absolute atomic E-state index is 0.163. The van der Waals surface area contributed by atoms with Crippen LogP contribution in [-0.2, 0) is 6.54 Å². The van der Waals surface area contributed by atoms with Gasteiger partial charge in [-0.2, -0.15) is 0 Å². The maximum absolute atomic E-state index is 10.0. The molecule has 2 atom stereocenters. The average molecular weight is 223 g/mol. The van der Waals surface area contributed by atoms with Crippen LogP contribution in [0.2, 0.25) is 0 Å². The van der Waals surface area contributed by atoms with Gasteiger partial charge in [0.1, 0.15) is 5.76 Å². The molecule has 0 radical (unpaired) electrons. The smallest absolute Gasteiger partial charge is 0.117 e. The normalized spacial score (nSPS) is 26.2. The molecule has 1 aliphatic rings. The molecule has 1 aromatic heterocycles. The summed E-state index contributed by atoms with van der Waals surface area (Å²) in [7, 11) is 0. The summed E-state index contributed by atoms with van der Waals surface area (Å²) < 4.78 is 5.37. The van der Waals surface area contributed by atoms with Gasteiger partial charge in [-0.15, -0.1) is 0 Å². The molecule has 0 aliphatic heterocycles. The predicted octanol–water partition coefficient (Wildman–Crippen LogP) is 2.41. The van der Waals surface area contributed by atoms with Crippen molar-refractivity contribution in [2.24, 2.45) is 0 Å². The van der Waals surface area contributed by atoms with E-state index in [1.807, 2.05) is 12.1 Å². The summed E-state index contributed by atoms with van der Waals surface area (Å²) in [5, 5.41) is 10.0. The van der Waals surface area contributed by atoms with Crippen molar-refractivity contribution in [2.75, 3.05) is 6.54 Å². The number of aliphatic hydroxyl groups is 1. The van der Waals surface area contributed by atoms with Crippen LogP contribution in [0, 0.1) is 0 Å². The van der Waals surface area contributed by atoms with Crippen LogP contribution in [0.15, 0.2) is 22.8 Å². The Morgan fingerprint density at radius 2 is 2.25 bits per heavy atom. The number of nitrogens with zero attached hydrogens (tertiary/aromatic N) is 1. The first-order chi connectivity index (χ1) is 7.81. The van der Waals surface area contributed by atoms with Gasteiger partial charge >= 0.3 is 0 Å². The summed E-state index contributed by atoms with van der Waals surface area (Å²) in [6.07, 6.45) is 5.99. The van der Waals surface area contributed by atoms with Gasteiger partial charge in [-0.1, -0.05) is 19.8 Å². The van der Waals surface area contributed by atoms with Crippen molar-refractivity contribution >= 4 is 0 Å². The summed E-state index contributed by atoms with van der Waals surface area (Å²) in [4.78, 5) is 2.32. The van der Waals surface area contributed by atoms with Gasteiger partial charge < -0.3 is 9.52 Å². The molecular weight excluding hydrogens is 202 g/mol. The Balaban J connectivity index is 1.98. The van der Waals surface area contributed by atoms with Crippen molar-refractivity contribution in [2.45, 2.75) is 51.3 Å². The van der Waals surface area contributed by atoms with Gasteiger partial charge in [-0.05, 0) is 31.5 Å². The molecule has 1 aromatic rings. The number of hydrogen-bond acceptors (Lipinski definition) is 3. The molecule has 1 fully saturated rings. The summed E-state index contributed by atoms with van der Waals surface area (Å²) in [6.45, 7) is 3.91. The van der Waals surface area contributed by atoms with E-state index in [4.69, 9.17) is 4.42 Å². The lowest BCUT2D eigenvalue weighted by Gasteiger charge is -2.36. The number of furan rings is 1. The number of aliphatic hydroxyl groups excluding tert-OH is 1. The molecule has 3 nitrogen and oxygen atoms in total. The molecule has 1 saturated carbocycles. The number of likely N-dealkylation sites (N-methyl/N-ethyl adjacent to an activating group) is 1. The van der Waals surface area contributed by atoms with Crippen molar-refractivity contribution in [1.82, 2.24) is 4.90 Å². The van der Waals surface area contributed by atoms with Gasteiger partial charge in [0.2, 0.25) is 0 Å². The largest absolute Gasteiger partial charge is 0.468 e. The zero-order valence-corrected chi connectivity index (χ0v) is 9.93. The highest BCUT2D eigenvalue weighted by Crippen LogP contribution is 2.24. The molecular formula is C13H21NO2. The highest BCUT2D eigenvalue weighted by Gasteiger charge is 2.28. The maximum atomic E-state index is 10.0. The van der Waals surface area contributed by atoms with E-state index in [0.717, 1.165) is 38.1 Å². The third-order valence-corrected chi connectivity index (χ3v) is 3.51. The molecule has 1 heterocycles. The molecule has 1 N–H and O–H groups in total. The average Bonchev–Trinajstić information content (AvgIpc) is 2.80. The fraction of sp³-hybridized carbons (Fsp3) is 0.692. The van der Waals surface area contributed by atoms with Gasteiger partial charge in [0.25, 0.3) is 0 Å². The lowest BCUT2D eigenvalue weighted by atomic mass is 9.91. The van der Waals surface area contributed by atoms with E-state index in [-0.39, 0.29) is 6.10 Å². The van der Waals surface area contributed by atoms with E-state index in [2.05, 4.69) is 11.8 Å². The fourth-order valence-electron chi connectivity index (χ4n) is 2.58. The second-order valence-corrected chi connectivity index (χ2v) is 4.56. The summed E-state index contributed by atoms with van der Waals surface area (Å²) >= 11 is 0. The minimum atomic E-state index is -0.163. The van der Waals surface area contributed by atoms with Gasteiger partial charge in [0.15, 0.2) is 0 Å². The first-order valence-corrected chi connectivity index (χ1v) is 6.25. The molecule has 0 spiro atoms. The van der Waals surface area contributed by atoms with Crippen LogP contribution in [0.25, 0.3) is 0 Å². The zero-order valence-electron chi connectivity index (χ0n) is 9.93. The van der Waals surface area contributed by atoms with Gasteiger partial charge in [0, 0.05) is 6.04 Å². The first-order valence-electron chi connectivity index (χ1n) is 6.25. The van der Waals surface area contributed by atoms with E-state index < -0.39 is 0 Å². The Morgan fingerprint density at radius 3 is 2.88 bits per heavy atom. The maximum Gasteiger partial charge on any atom is 0.117 e. The van der Waals surface area contributed by atoms with Crippen LogP contribution in [0.4, 0.5) is 0 Å². The fourth-order valence-corrected chi connectivity index (χ4v) is 2.58. The topological polar surface area (TPSA) is 36.6 Å². The Hall–Kier alpha value is -0.800. The Morgan fingerprint density at radius 1 is 1.44 bits per heavy atom. The summed E-state index contributed by atoms with van der Waals surface area (Å²) in [5.74, 6) is 0.986. The number of hydrogen-bond donors (Lipinski definition) is 1. The van der Waals surface area contributed by atoms with Crippen molar-refractivity contribution in [3.8, 4) is 0 Å². The van der Waals surface area contributed by atoms with Crippen LogP contribution < -0.4 is 0 Å². The molecule has 2 unspecified atom stereocenters. The van der Waals surface area contributed by atoms with E-state index in [1.165, 1.54) is 6.42 Å². The minimum Gasteiger partial charge on any atom is -0.468 e. The lowest BCUT2D eigenvalue weighted by molar-refractivity contribution is 0.0155.